The zero-order valence-corrected chi connectivity index (χ0v) is 39.3. The summed E-state index contributed by atoms with van der Waals surface area (Å²) in [6.45, 7) is 9.05. The average Bonchev–Trinajstić information content (AvgIpc) is 3.53. The molecule has 1 aliphatic rings. The van der Waals surface area contributed by atoms with Gasteiger partial charge in [-0.2, -0.15) is 0 Å². The summed E-state index contributed by atoms with van der Waals surface area (Å²) in [5.74, 6) is 7.23. The van der Waals surface area contributed by atoms with E-state index in [1.807, 2.05) is 0 Å². The van der Waals surface area contributed by atoms with Crippen molar-refractivity contribution in [2.45, 2.75) is 252 Å². The second kappa shape index (κ2) is 33.8. The second-order valence-electron chi connectivity index (χ2n) is 18.1. The molecule has 2 aromatic carbocycles. The van der Waals surface area contributed by atoms with Crippen LogP contribution in [0.4, 0.5) is 0 Å². The van der Waals surface area contributed by atoms with Gasteiger partial charge in [-0.15, -0.1) is 0 Å². The molecule has 0 aliphatic carbocycles. The van der Waals surface area contributed by atoms with Gasteiger partial charge >= 0.3 is 0 Å². The van der Waals surface area contributed by atoms with Crippen molar-refractivity contribution in [1.82, 2.24) is 0 Å². The predicted octanol–water partition coefficient (Wildman–Crippen LogP) is 18.9. The highest BCUT2D eigenvalue weighted by Gasteiger charge is 2.35. The molecule has 3 rings (SSSR count). The van der Waals surface area contributed by atoms with Gasteiger partial charge in [0.15, 0.2) is 0 Å². The number of hydrogen-bond donors (Lipinski definition) is 0. The van der Waals surface area contributed by atoms with Crippen molar-refractivity contribution < 1.29 is 4.70 Å². The maximum absolute atomic E-state index is 12.0. The Balaban J connectivity index is 1.36. The summed E-state index contributed by atoms with van der Waals surface area (Å²) >= 11 is 0. The number of rotatable bonds is 36. The Morgan fingerprint density at radius 3 is 1.07 bits per heavy atom. The van der Waals surface area contributed by atoms with Gasteiger partial charge in [0.05, 0.1) is 0 Å². The lowest BCUT2D eigenvalue weighted by atomic mass is 9.95. The van der Waals surface area contributed by atoms with Crippen molar-refractivity contribution in [2.75, 3.05) is 0 Å². The van der Waals surface area contributed by atoms with Gasteiger partial charge in [0, 0.05) is 23.1 Å². The lowest BCUT2D eigenvalue weighted by molar-refractivity contribution is -0.345. The molecule has 1 aliphatic heterocycles. The van der Waals surface area contributed by atoms with E-state index in [0.29, 0.717) is 0 Å². The fourth-order valence-corrected chi connectivity index (χ4v) is 8.83. The Morgan fingerprint density at radius 1 is 0.373 bits per heavy atom. The van der Waals surface area contributed by atoms with Gasteiger partial charge in [0.25, 0.3) is 0 Å². The number of benzene rings is 2. The first-order valence-electron chi connectivity index (χ1n) is 25.8. The number of hydrogen-bond acceptors (Lipinski definition) is 0. The minimum Gasteiger partial charge on any atom is -0.493 e. The normalized spacial score (nSPS) is 12.8. The smallest absolute Gasteiger partial charge is 0.223 e. The highest BCUT2D eigenvalue weighted by atomic mass is 15.2. The highest BCUT2D eigenvalue weighted by Crippen LogP contribution is 2.42. The molecule has 1 heterocycles. The van der Waals surface area contributed by atoms with E-state index in [-0.39, 0.29) is 0 Å². The van der Waals surface area contributed by atoms with Crippen molar-refractivity contribution in [3.05, 3.63) is 87.5 Å². The molecule has 2 heteroatoms. The zero-order valence-electron chi connectivity index (χ0n) is 39.3. The minimum absolute atomic E-state index is 0.852. The fraction of sp³-hybridized carbons (Fsp3) is 0.684. The molecular formula is C57H90N2. The number of nitrogens with zero attached hydrogens (tertiary/aromatic N) is 2. The van der Waals surface area contributed by atoms with E-state index in [1.54, 1.807) is 0 Å². The lowest BCUT2D eigenvalue weighted by Gasteiger charge is -2.10. The van der Waals surface area contributed by atoms with Gasteiger partial charge in [-0.1, -0.05) is 237 Å². The molecule has 0 saturated heterocycles. The van der Waals surface area contributed by atoms with Crippen molar-refractivity contribution in [2.24, 2.45) is 0 Å². The van der Waals surface area contributed by atoms with Crippen LogP contribution in [0, 0.1) is 11.8 Å². The molecule has 0 aromatic heterocycles. The van der Waals surface area contributed by atoms with E-state index >= 15 is 0 Å². The van der Waals surface area contributed by atoms with E-state index in [2.05, 4.69) is 88.1 Å². The van der Waals surface area contributed by atoms with Gasteiger partial charge in [-0.05, 0) is 80.3 Å². The van der Waals surface area contributed by atoms with Crippen LogP contribution in [0.5, 0.6) is 0 Å². The molecule has 0 atom stereocenters. The fourth-order valence-electron chi connectivity index (χ4n) is 8.83. The van der Waals surface area contributed by atoms with Crippen LogP contribution in [0.25, 0.3) is 16.9 Å². The highest BCUT2D eigenvalue weighted by molar-refractivity contribution is 5.85. The SMILES string of the molecule is CCCCCCCCCCCCCCCCCCCCCCCCCCCC#CC1=C(c2ccc(CCCC)cc2)[N+](=[N-])C(c2ccc(CCCC)cc2)=C1CCCC. The second-order valence-corrected chi connectivity index (χ2v) is 18.1. The Morgan fingerprint density at radius 2 is 0.695 bits per heavy atom. The molecule has 328 valence electrons. The van der Waals surface area contributed by atoms with Gasteiger partial charge in [-0.25, -0.2) is 4.70 Å². The minimum atomic E-state index is 0.852. The first-order chi connectivity index (χ1) is 29.1. The summed E-state index contributed by atoms with van der Waals surface area (Å²) in [6.07, 6.45) is 46.5. The molecular weight excluding hydrogens is 713 g/mol. The van der Waals surface area contributed by atoms with Crippen LogP contribution in [-0.2, 0) is 12.8 Å². The van der Waals surface area contributed by atoms with E-state index < -0.39 is 0 Å². The monoisotopic (exact) mass is 803 g/mol. The van der Waals surface area contributed by atoms with Crippen molar-refractivity contribution in [3.8, 4) is 11.8 Å². The first kappa shape index (κ1) is 50.4. The van der Waals surface area contributed by atoms with Gasteiger partial charge in [0.2, 0.25) is 11.4 Å². The third-order valence-electron chi connectivity index (χ3n) is 12.7. The molecule has 0 amide bonds. The standard InChI is InChI=1S/C57H90N2/c1-5-9-13-14-15-16-17-18-19-20-21-22-23-24-25-26-27-28-29-30-31-32-33-34-35-36-37-41-55-54(40-12-8-4)56(52-46-42-50(43-47-52)38-10-6-2)59(58)57(55)53-48-44-51(45-49-53)39-11-7-3/h42-49H,5-36,38-40H2,1-4H3. The van der Waals surface area contributed by atoms with E-state index in [9.17, 15) is 5.53 Å². The molecule has 0 spiro atoms. The van der Waals surface area contributed by atoms with Crippen LogP contribution in [-0.4, -0.2) is 4.70 Å². The molecule has 0 bridgehead atoms. The molecule has 0 fully saturated rings. The largest absolute Gasteiger partial charge is 0.493 e. The molecule has 0 unspecified atom stereocenters. The van der Waals surface area contributed by atoms with Crippen molar-refractivity contribution in [3.63, 3.8) is 0 Å². The van der Waals surface area contributed by atoms with Crippen molar-refractivity contribution in [1.29, 1.82) is 0 Å². The summed E-state index contributed by atoms with van der Waals surface area (Å²) in [5.41, 5.74) is 20.8. The van der Waals surface area contributed by atoms with Crippen LogP contribution < -0.4 is 0 Å². The summed E-state index contributed by atoms with van der Waals surface area (Å²) in [5, 5.41) is 0. The van der Waals surface area contributed by atoms with E-state index in [1.165, 1.54) is 201 Å². The Hall–Kier alpha value is -2.92. The number of unbranched alkanes of at least 4 members (excludes halogenated alkanes) is 28. The molecule has 0 N–H and O–H groups in total. The summed E-state index contributed by atoms with van der Waals surface area (Å²) < 4.78 is 1.47. The summed E-state index contributed by atoms with van der Waals surface area (Å²) in [4.78, 5) is 0. The predicted molar refractivity (Wildman–Crippen MR) is 261 cm³/mol. The first-order valence-corrected chi connectivity index (χ1v) is 25.8. The van der Waals surface area contributed by atoms with E-state index in [0.717, 1.165) is 73.0 Å². The Bertz CT molecular complexity index is 1490. The average molecular weight is 803 g/mol. The Kier molecular flexibility index (Phi) is 28.9. The van der Waals surface area contributed by atoms with Gasteiger partial charge < -0.3 is 5.53 Å². The zero-order chi connectivity index (χ0) is 42.0. The van der Waals surface area contributed by atoms with Crippen molar-refractivity contribution >= 4 is 11.4 Å². The quantitative estimate of drug-likeness (QED) is 0.0373. The summed E-state index contributed by atoms with van der Waals surface area (Å²) in [6, 6.07) is 17.8. The third-order valence-corrected chi connectivity index (χ3v) is 12.7. The number of aryl methyl sites for hydroxylation is 2. The van der Waals surface area contributed by atoms with Crippen LogP contribution in [0.3, 0.4) is 0 Å². The molecule has 2 aromatic rings. The van der Waals surface area contributed by atoms with Gasteiger partial charge in [-0.3, -0.25) is 0 Å². The molecule has 2 nitrogen and oxygen atoms in total. The van der Waals surface area contributed by atoms with Crippen LogP contribution >= 0.6 is 0 Å². The van der Waals surface area contributed by atoms with Crippen LogP contribution in [0.2, 0.25) is 0 Å². The lowest BCUT2D eigenvalue weighted by Crippen LogP contribution is -2.03. The third kappa shape index (κ3) is 20.9. The maximum atomic E-state index is 12.0. The van der Waals surface area contributed by atoms with Crippen LogP contribution in [0.1, 0.15) is 262 Å². The molecule has 59 heavy (non-hydrogen) atoms. The maximum Gasteiger partial charge on any atom is 0.223 e. The molecule has 0 radical (unpaired) electrons. The summed E-state index contributed by atoms with van der Waals surface area (Å²) in [7, 11) is 0. The Labute approximate surface area is 366 Å². The molecule has 0 saturated carbocycles. The van der Waals surface area contributed by atoms with Gasteiger partial charge in [0.1, 0.15) is 5.57 Å². The topological polar surface area (TPSA) is 25.3 Å². The van der Waals surface area contributed by atoms with E-state index in [4.69, 9.17) is 0 Å². The number of allylic oxidation sites excluding steroid dienone is 2. The van der Waals surface area contributed by atoms with Crippen LogP contribution in [0.15, 0.2) is 59.7 Å².